The third kappa shape index (κ3) is 2.59. The van der Waals surface area contributed by atoms with Gasteiger partial charge in [0.15, 0.2) is 0 Å². The number of fused-ring (bicyclic) bond motifs is 5. The minimum absolute atomic E-state index is 0.0458. The number of hydrogen-bond acceptors (Lipinski definition) is 2. The molecule has 0 unspecified atom stereocenters. The largest absolute Gasteiger partial charge is 0.274 e. The van der Waals surface area contributed by atoms with Gasteiger partial charge in [0.05, 0.1) is 17.5 Å². The summed E-state index contributed by atoms with van der Waals surface area (Å²) in [7, 11) is 0. The van der Waals surface area contributed by atoms with Gasteiger partial charge in [-0.2, -0.15) is 0 Å². The number of nitrogens with zero attached hydrogens (tertiary/aromatic N) is 1. The molecular weight excluding hydrogens is 382 g/mol. The summed E-state index contributed by atoms with van der Waals surface area (Å²) in [5.41, 5.74) is 5.29. The first-order valence-electron chi connectivity index (χ1n) is 10.7. The number of imide groups is 1. The molecule has 1 saturated heterocycles. The molecule has 0 N–H and O–H groups in total. The van der Waals surface area contributed by atoms with Crippen LogP contribution in [0.5, 0.6) is 0 Å². The Morgan fingerprint density at radius 2 is 1.00 bits per heavy atom. The summed E-state index contributed by atoms with van der Waals surface area (Å²) < 4.78 is 0. The number of amides is 2. The smallest absolute Gasteiger partial charge is 0.238 e. The normalized spacial score (nSPS) is 25.9. The molecule has 3 nitrogen and oxygen atoms in total. The highest BCUT2D eigenvalue weighted by atomic mass is 16.2. The van der Waals surface area contributed by atoms with E-state index < -0.39 is 0 Å². The molecule has 6 rings (SSSR count). The van der Waals surface area contributed by atoms with Crippen molar-refractivity contribution in [2.24, 2.45) is 23.7 Å². The summed E-state index contributed by atoms with van der Waals surface area (Å²) in [6, 6.07) is 29.9. The van der Waals surface area contributed by atoms with Crippen molar-refractivity contribution < 1.29 is 9.59 Å². The van der Waals surface area contributed by atoms with Crippen LogP contribution in [0.4, 0.5) is 5.69 Å². The van der Waals surface area contributed by atoms with E-state index >= 15 is 0 Å². The van der Waals surface area contributed by atoms with Crippen molar-refractivity contribution in [3.63, 3.8) is 0 Å². The second-order valence-electron chi connectivity index (χ2n) is 8.40. The predicted octanol–water partition coefficient (Wildman–Crippen LogP) is 5.11. The van der Waals surface area contributed by atoms with E-state index in [1.54, 1.807) is 0 Å². The molecule has 150 valence electrons. The number of carbonyl (C=O) groups excluding carboxylic acids is 2. The second kappa shape index (κ2) is 6.92. The van der Waals surface area contributed by atoms with E-state index in [1.165, 1.54) is 10.5 Å². The Labute approximate surface area is 181 Å². The van der Waals surface area contributed by atoms with Crippen molar-refractivity contribution in [3.8, 4) is 0 Å². The van der Waals surface area contributed by atoms with Crippen molar-refractivity contribution in [2.75, 3.05) is 4.90 Å². The highest BCUT2D eigenvalue weighted by Crippen LogP contribution is 2.58. The Bertz CT molecular complexity index is 1150. The van der Waals surface area contributed by atoms with Crippen molar-refractivity contribution in [3.05, 3.63) is 120 Å². The van der Waals surface area contributed by atoms with Crippen molar-refractivity contribution in [1.82, 2.24) is 0 Å². The van der Waals surface area contributed by atoms with E-state index in [1.807, 2.05) is 66.7 Å². The summed E-state index contributed by atoms with van der Waals surface area (Å²) in [4.78, 5) is 28.4. The summed E-state index contributed by atoms with van der Waals surface area (Å²) in [5, 5.41) is 0. The van der Waals surface area contributed by atoms with Gasteiger partial charge in [-0.25, -0.2) is 4.90 Å². The first-order chi connectivity index (χ1) is 15.3. The second-order valence-corrected chi connectivity index (χ2v) is 8.40. The van der Waals surface area contributed by atoms with Gasteiger partial charge in [0.1, 0.15) is 0 Å². The lowest BCUT2D eigenvalue weighted by Gasteiger charge is -2.21. The van der Waals surface area contributed by atoms with E-state index in [9.17, 15) is 9.59 Å². The number of hydrogen-bond donors (Lipinski definition) is 0. The zero-order valence-corrected chi connectivity index (χ0v) is 16.9. The number of rotatable bonds is 3. The van der Waals surface area contributed by atoms with Gasteiger partial charge in [-0.05, 0) is 34.4 Å². The Kier molecular flexibility index (Phi) is 4.03. The van der Waals surface area contributed by atoms with E-state index in [4.69, 9.17) is 0 Å². The molecule has 1 saturated carbocycles. The molecule has 2 amide bonds. The summed E-state index contributed by atoms with van der Waals surface area (Å²) in [6.07, 6.45) is 4.29. The zero-order chi connectivity index (χ0) is 20.9. The molecule has 0 radical (unpaired) electrons. The van der Waals surface area contributed by atoms with Crippen LogP contribution in [0.1, 0.15) is 11.1 Å². The number of benzene rings is 3. The lowest BCUT2D eigenvalue weighted by Crippen LogP contribution is -2.33. The topological polar surface area (TPSA) is 37.4 Å². The molecule has 4 atom stereocenters. The molecular formula is C28H21NO2. The van der Waals surface area contributed by atoms with Gasteiger partial charge in [-0.1, -0.05) is 91.0 Å². The maximum Gasteiger partial charge on any atom is 0.238 e. The lowest BCUT2D eigenvalue weighted by molar-refractivity contribution is -0.122. The number of anilines is 1. The summed E-state index contributed by atoms with van der Waals surface area (Å²) in [6.45, 7) is 0. The zero-order valence-electron chi connectivity index (χ0n) is 16.9. The average molecular weight is 403 g/mol. The quantitative estimate of drug-likeness (QED) is 0.450. The van der Waals surface area contributed by atoms with Gasteiger partial charge in [-0.15, -0.1) is 0 Å². The molecule has 2 aliphatic carbocycles. The van der Waals surface area contributed by atoms with Crippen LogP contribution in [0, 0.1) is 23.7 Å². The van der Waals surface area contributed by atoms with Gasteiger partial charge in [-0.3, -0.25) is 9.59 Å². The Morgan fingerprint density at radius 3 is 1.45 bits per heavy atom. The Morgan fingerprint density at radius 1 is 0.581 bits per heavy atom. The first kappa shape index (κ1) is 18.1. The summed E-state index contributed by atoms with van der Waals surface area (Å²) >= 11 is 0. The van der Waals surface area contributed by atoms with Crippen LogP contribution in [0.15, 0.2) is 109 Å². The maximum absolute atomic E-state index is 13.5. The fraction of sp³-hybridized carbons (Fsp3) is 0.143. The third-order valence-electron chi connectivity index (χ3n) is 6.84. The average Bonchev–Trinajstić information content (AvgIpc) is 3.45. The monoisotopic (exact) mass is 403 g/mol. The van der Waals surface area contributed by atoms with Crippen LogP contribution in [0.25, 0.3) is 5.57 Å². The fourth-order valence-corrected chi connectivity index (χ4v) is 5.64. The van der Waals surface area contributed by atoms with Gasteiger partial charge in [0, 0.05) is 11.8 Å². The molecule has 3 heteroatoms. The Balaban J connectivity index is 1.50. The lowest BCUT2D eigenvalue weighted by atomic mass is 9.85. The SMILES string of the molecule is O=C1[C@@H]2[C@H](C(=O)N1c1ccccc1)[C@H]1C=C[C@H]2C1=C(c1ccccc1)c1ccccc1. The standard InChI is InChI=1S/C28H21NO2/c30-27-25-21-16-17-22(26(25)28(31)29(27)20-14-8-3-9-15-20)24(21)23(18-10-4-1-5-11-18)19-12-6-2-7-13-19/h1-17,21-22,25-26H/t21-,22-,25-,26+/m0/s1. The highest BCUT2D eigenvalue weighted by Gasteiger charge is 2.62. The third-order valence-corrected chi connectivity index (χ3v) is 6.84. The van der Waals surface area contributed by atoms with E-state index in [0.29, 0.717) is 5.69 Å². The van der Waals surface area contributed by atoms with Crippen LogP contribution in [0.2, 0.25) is 0 Å². The minimum atomic E-state index is -0.319. The fourth-order valence-electron chi connectivity index (χ4n) is 5.64. The minimum Gasteiger partial charge on any atom is -0.274 e. The van der Waals surface area contributed by atoms with E-state index in [0.717, 1.165) is 16.7 Å². The van der Waals surface area contributed by atoms with Crippen molar-refractivity contribution in [2.45, 2.75) is 0 Å². The van der Waals surface area contributed by atoms with Gasteiger partial charge >= 0.3 is 0 Å². The van der Waals surface area contributed by atoms with Crippen LogP contribution in [-0.4, -0.2) is 11.8 Å². The molecule has 0 spiro atoms. The van der Waals surface area contributed by atoms with Crippen molar-refractivity contribution in [1.29, 1.82) is 0 Å². The van der Waals surface area contributed by atoms with Crippen molar-refractivity contribution >= 4 is 23.1 Å². The van der Waals surface area contributed by atoms with Gasteiger partial charge in [0.2, 0.25) is 11.8 Å². The molecule has 31 heavy (non-hydrogen) atoms. The molecule has 3 aromatic carbocycles. The summed E-state index contributed by atoms with van der Waals surface area (Å²) in [5.74, 6) is -0.876. The van der Waals surface area contributed by atoms with Crippen LogP contribution in [-0.2, 0) is 9.59 Å². The van der Waals surface area contributed by atoms with Crippen LogP contribution < -0.4 is 4.90 Å². The van der Waals surface area contributed by atoms with E-state index in [-0.39, 0.29) is 35.5 Å². The Hall–Kier alpha value is -3.72. The van der Waals surface area contributed by atoms with E-state index in [2.05, 4.69) is 36.4 Å². The van der Waals surface area contributed by atoms with Crippen LogP contribution in [0.3, 0.4) is 0 Å². The number of para-hydroxylation sites is 1. The highest BCUT2D eigenvalue weighted by molar-refractivity contribution is 6.23. The molecule has 2 bridgehead atoms. The molecule has 0 aromatic heterocycles. The molecule has 1 aliphatic heterocycles. The molecule has 3 aliphatic rings. The van der Waals surface area contributed by atoms with Gasteiger partial charge < -0.3 is 0 Å². The first-order valence-corrected chi connectivity index (χ1v) is 10.7. The predicted molar refractivity (Wildman–Crippen MR) is 121 cm³/mol. The number of carbonyl (C=O) groups is 2. The molecule has 2 fully saturated rings. The van der Waals surface area contributed by atoms with Crippen LogP contribution >= 0.6 is 0 Å². The number of allylic oxidation sites excluding steroid dienone is 3. The molecule has 1 heterocycles. The molecule has 3 aromatic rings. The van der Waals surface area contributed by atoms with Gasteiger partial charge in [0.25, 0.3) is 0 Å². The maximum atomic E-state index is 13.5.